The Balaban J connectivity index is 2.20. The van der Waals surface area contributed by atoms with Crippen LogP contribution in [0.15, 0.2) is 30.3 Å². The molecule has 1 amide bonds. The zero-order chi connectivity index (χ0) is 27.0. The monoisotopic (exact) mass is 521 g/mol. The van der Waals surface area contributed by atoms with E-state index in [-0.39, 0.29) is 41.8 Å². The van der Waals surface area contributed by atoms with Crippen molar-refractivity contribution in [2.24, 2.45) is 0 Å². The van der Waals surface area contributed by atoms with E-state index in [9.17, 15) is 36.2 Å². The fourth-order valence-corrected chi connectivity index (χ4v) is 4.38. The van der Waals surface area contributed by atoms with Gasteiger partial charge in [-0.2, -0.15) is 26.3 Å². The van der Waals surface area contributed by atoms with E-state index in [4.69, 9.17) is 14.2 Å². The number of fused-ring (bicyclic) bond motifs is 1. The maximum atomic E-state index is 13.4. The number of anilines is 1. The normalized spacial score (nSPS) is 18.9. The molecule has 0 radical (unpaired) electrons. The molecule has 36 heavy (non-hydrogen) atoms. The molecule has 1 aliphatic heterocycles. The number of carbonyl (C=O) groups excluding carboxylic acids is 1. The van der Waals surface area contributed by atoms with Gasteiger partial charge in [0.2, 0.25) is 0 Å². The minimum atomic E-state index is -5.06. The second kappa shape index (κ2) is 10.1. The number of rotatable bonds is 5. The molecule has 1 heterocycles. The Hall–Kier alpha value is -3.15. The van der Waals surface area contributed by atoms with E-state index < -0.39 is 53.2 Å². The van der Waals surface area contributed by atoms with Crippen molar-refractivity contribution in [1.82, 2.24) is 0 Å². The molecule has 6 nitrogen and oxygen atoms in total. The number of nitrogens with zero attached hydrogens (tertiary/aromatic N) is 1. The van der Waals surface area contributed by atoms with E-state index >= 15 is 0 Å². The van der Waals surface area contributed by atoms with Crippen molar-refractivity contribution >= 4 is 11.8 Å². The minimum Gasteiger partial charge on any atom is -0.493 e. The highest BCUT2D eigenvalue weighted by molar-refractivity contribution is 5.91. The molecule has 1 N–H and O–H groups in total. The topological polar surface area (TPSA) is 68.2 Å². The maximum Gasteiger partial charge on any atom is 0.416 e. The van der Waals surface area contributed by atoms with Gasteiger partial charge >= 0.3 is 18.4 Å². The number of hydrogen-bond donors (Lipinski definition) is 1. The predicted octanol–water partition coefficient (Wildman–Crippen LogP) is 6.31. The van der Waals surface area contributed by atoms with E-state index in [0.717, 1.165) is 0 Å². The highest BCUT2D eigenvalue weighted by Gasteiger charge is 2.42. The highest BCUT2D eigenvalue weighted by Crippen LogP contribution is 2.49. The first-order valence-electron chi connectivity index (χ1n) is 10.9. The molecular formula is C24H25F6NO5. The average molecular weight is 521 g/mol. The molecule has 0 unspecified atom stereocenters. The van der Waals surface area contributed by atoms with Crippen LogP contribution in [0.3, 0.4) is 0 Å². The molecule has 1 aliphatic rings. The molecule has 0 spiro atoms. The molecule has 0 saturated carbocycles. The van der Waals surface area contributed by atoms with Gasteiger partial charge in [-0.15, -0.1) is 0 Å². The molecule has 0 fully saturated rings. The van der Waals surface area contributed by atoms with Gasteiger partial charge in [0.05, 0.1) is 43.7 Å². The molecule has 198 valence electrons. The summed E-state index contributed by atoms with van der Waals surface area (Å²) in [5, 5.41) is 11.2. The minimum absolute atomic E-state index is 0.00401. The molecule has 0 aromatic heterocycles. The van der Waals surface area contributed by atoms with Gasteiger partial charge in [-0.25, -0.2) is 4.79 Å². The number of methoxy groups -OCH3 is 2. The van der Waals surface area contributed by atoms with Crippen LogP contribution in [0.25, 0.3) is 0 Å². The van der Waals surface area contributed by atoms with Crippen molar-refractivity contribution in [3.63, 3.8) is 0 Å². The zero-order valence-electron chi connectivity index (χ0n) is 19.8. The molecule has 0 aliphatic carbocycles. The lowest BCUT2D eigenvalue weighted by atomic mass is 9.79. The lowest BCUT2D eigenvalue weighted by molar-refractivity contribution is -0.143. The summed E-state index contributed by atoms with van der Waals surface area (Å²) in [4.78, 5) is 14.0. The number of benzene rings is 2. The third-order valence-electron chi connectivity index (χ3n) is 6.02. The van der Waals surface area contributed by atoms with Crippen molar-refractivity contribution in [3.8, 4) is 11.5 Å². The first-order valence-corrected chi connectivity index (χ1v) is 10.9. The summed E-state index contributed by atoms with van der Waals surface area (Å²) >= 11 is 0. The fourth-order valence-electron chi connectivity index (χ4n) is 4.38. The second-order valence-corrected chi connectivity index (χ2v) is 8.31. The van der Waals surface area contributed by atoms with Gasteiger partial charge in [-0.1, -0.05) is 0 Å². The van der Waals surface area contributed by atoms with Crippen molar-refractivity contribution in [2.45, 2.75) is 50.7 Å². The third kappa shape index (κ3) is 5.32. The standard InChI is InChI=1S/C24H25F6NO5/c1-5-36-22(33)31-12(2)6-17(16-10-19(34-3)20(35-4)11-18(16)31)21(32)13-7-14(23(25,26)27)9-15(8-13)24(28,29)30/h7-12,17,21,32H,5-6H2,1-4H3/t12-,17-,21+/m1/s1. The van der Waals surface area contributed by atoms with Gasteiger partial charge in [-0.3, -0.25) is 4.90 Å². The number of carbonyl (C=O) groups is 1. The van der Waals surface area contributed by atoms with Crippen LogP contribution in [0.4, 0.5) is 36.8 Å². The lowest BCUT2D eigenvalue weighted by Crippen LogP contribution is -2.44. The number of alkyl halides is 6. The maximum absolute atomic E-state index is 13.4. The quantitative estimate of drug-likeness (QED) is 0.467. The molecular weight excluding hydrogens is 496 g/mol. The molecule has 3 rings (SSSR count). The number of aliphatic hydroxyl groups is 1. The van der Waals surface area contributed by atoms with Crippen molar-refractivity contribution in [2.75, 3.05) is 25.7 Å². The summed E-state index contributed by atoms with van der Waals surface area (Å²) in [6, 6.07) is 3.28. The van der Waals surface area contributed by atoms with Gasteiger partial charge in [-0.05, 0) is 55.7 Å². The molecule has 2 aromatic carbocycles. The first-order chi connectivity index (χ1) is 16.7. The van der Waals surface area contributed by atoms with E-state index in [1.807, 2.05) is 0 Å². The Morgan fingerprint density at radius 3 is 2.00 bits per heavy atom. The summed E-state index contributed by atoms with van der Waals surface area (Å²) in [5.74, 6) is -0.553. The van der Waals surface area contributed by atoms with E-state index in [1.165, 1.54) is 31.3 Å². The highest BCUT2D eigenvalue weighted by atomic mass is 19.4. The van der Waals surface area contributed by atoms with Gasteiger partial charge in [0.1, 0.15) is 0 Å². The largest absolute Gasteiger partial charge is 0.493 e. The Morgan fingerprint density at radius 1 is 1.00 bits per heavy atom. The van der Waals surface area contributed by atoms with Gasteiger partial charge in [0.15, 0.2) is 11.5 Å². The number of amides is 1. The molecule has 2 aromatic rings. The lowest BCUT2D eigenvalue weighted by Gasteiger charge is -2.40. The zero-order valence-corrected chi connectivity index (χ0v) is 19.8. The molecule has 0 saturated heterocycles. The third-order valence-corrected chi connectivity index (χ3v) is 6.02. The van der Waals surface area contributed by atoms with Gasteiger partial charge < -0.3 is 19.3 Å². The summed E-state index contributed by atoms with van der Waals surface area (Å²) in [6.45, 7) is 3.31. The summed E-state index contributed by atoms with van der Waals surface area (Å²) < 4.78 is 96.1. The molecule has 3 atom stereocenters. The molecule has 0 bridgehead atoms. The van der Waals surface area contributed by atoms with Crippen LogP contribution in [0.1, 0.15) is 54.5 Å². The Morgan fingerprint density at radius 2 is 1.53 bits per heavy atom. The Kier molecular flexibility index (Phi) is 7.68. The van der Waals surface area contributed by atoms with Crippen LogP contribution in [0, 0.1) is 0 Å². The van der Waals surface area contributed by atoms with Crippen LogP contribution in [-0.4, -0.2) is 38.1 Å². The van der Waals surface area contributed by atoms with Gasteiger partial charge in [0.25, 0.3) is 0 Å². The van der Waals surface area contributed by atoms with Crippen LogP contribution in [0.2, 0.25) is 0 Å². The van der Waals surface area contributed by atoms with Crippen molar-refractivity contribution in [3.05, 3.63) is 52.6 Å². The molecule has 12 heteroatoms. The van der Waals surface area contributed by atoms with E-state index in [0.29, 0.717) is 12.1 Å². The van der Waals surface area contributed by atoms with Crippen LogP contribution < -0.4 is 14.4 Å². The van der Waals surface area contributed by atoms with Crippen molar-refractivity contribution < 1.29 is 50.5 Å². The average Bonchev–Trinajstić information content (AvgIpc) is 2.80. The predicted molar refractivity (Wildman–Crippen MR) is 117 cm³/mol. The van der Waals surface area contributed by atoms with Crippen LogP contribution in [0.5, 0.6) is 11.5 Å². The number of hydrogen-bond acceptors (Lipinski definition) is 5. The van der Waals surface area contributed by atoms with Crippen LogP contribution >= 0.6 is 0 Å². The van der Waals surface area contributed by atoms with Crippen LogP contribution in [-0.2, 0) is 17.1 Å². The fraction of sp³-hybridized carbons (Fsp3) is 0.458. The number of ether oxygens (including phenoxy) is 3. The summed E-state index contributed by atoms with van der Waals surface area (Å²) in [7, 11) is 2.70. The number of halogens is 6. The first kappa shape index (κ1) is 27.4. The Bertz CT molecular complexity index is 1090. The smallest absolute Gasteiger partial charge is 0.416 e. The van der Waals surface area contributed by atoms with Crippen molar-refractivity contribution in [1.29, 1.82) is 0 Å². The SMILES string of the molecule is CCOC(=O)N1c2cc(OC)c(OC)cc2[C@H]([C@@H](O)c2cc(C(F)(F)F)cc(C(F)(F)F)c2)C[C@H]1C. The second-order valence-electron chi connectivity index (χ2n) is 8.31. The van der Waals surface area contributed by atoms with E-state index in [1.54, 1.807) is 13.8 Å². The summed E-state index contributed by atoms with van der Waals surface area (Å²) in [6.07, 6.45) is -12.6. The number of aliphatic hydroxyl groups excluding tert-OH is 1. The van der Waals surface area contributed by atoms with E-state index in [2.05, 4.69) is 0 Å². The summed E-state index contributed by atoms with van der Waals surface area (Å²) in [5.41, 5.74) is -3.11. The van der Waals surface area contributed by atoms with Gasteiger partial charge in [0, 0.05) is 18.0 Å². The Labute approximate surface area is 203 Å².